The Labute approximate surface area is 151 Å². The standard InChI is InChI=1S/C18H36N5O2/c1-2-3-4-5-6-7-8-9-10-11-12-13-14-15-16-21-18-22(17-19-21)20-23(24)25/h17-18,20H,2-16H2,1H3/q+1. The second-order valence-corrected chi connectivity index (χ2v) is 6.87. The number of nitro groups is 1. The fourth-order valence-electron chi connectivity index (χ4n) is 3.05. The molecule has 1 rings (SSSR count). The second-order valence-electron chi connectivity index (χ2n) is 6.87. The summed E-state index contributed by atoms with van der Waals surface area (Å²) in [5.74, 6) is 0. The monoisotopic (exact) mass is 354 g/mol. The van der Waals surface area contributed by atoms with Crippen molar-refractivity contribution in [1.82, 2.24) is 9.78 Å². The second kappa shape index (κ2) is 14.7. The summed E-state index contributed by atoms with van der Waals surface area (Å²) in [6, 6.07) is 0. The normalized spacial score (nSPS) is 10.9. The number of nitrogens with one attached hydrogen (secondary N) is 1. The molecule has 0 aliphatic heterocycles. The molecule has 1 heterocycles. The molecule has 7 heteroatoms. The number of hydrogen-bond donors (Lipinski definition) is 1. The summed E-state index contributed by atoms with van der Waals surface area (Å²) in [6.07, 6.45) is 21.8. The number of aryl methyl sites for hydroxylation is 1. The fraction of sp³-hybridized carbons (Fsp3) is 0.889. The van der Waals surface area contributed by atoms with Gasteiger partial charge in [0, 0.05) is 5.03 Å². The molecule has 1 aromatic rings. The van der Waals surface area contributed by atoms with Gasteiger partial charge in [0.15, 0.2) is 0 Å². The van der Waals surface area contributed by atoms with Crippen LogP contribution in [0.5, 0.6) is 0 Å². The van der Waals surface area contributed by atoms with E-state index in [2.05, 4.69) is 12.0 Å². The molecule has 0 saturated heterocycles. The lowest BCUT2D eigenvalue weighted by Crippen LogP contribution is -2.46. The number of hydrazine groups is 1. The van der Waals surface area contributed by atoms with Crippen molar-refractivity contribution < 1.29 is 9.71 Å². The van der Waals surface area contributed by atoms with Crippen LogP contribution >= 0.6 is 0 Å². The molecular weight excluding hydrogens is 318 g/mol. The van der Waals surface area contributed by atoms with Gasteiger partial charge in [-0.25, -0.2) is 0 Å². The molecule has 25 heavy (non-hydrogen) atoms. The molecule has 0 aliphatic rings. The fourth-order valence-corrected chi connectivity index (χ4v) is 3.05. The van der Waals surface area contributed by atoms with Gasteiger partial charge in [0.25, 0.3) is 0 Å². The molecular formula is C18H36N5O2+. The highest BCUT2D eigenvalue weighted by Gasteiger charge is 2.11. The van der Waals surface area contributed by atoms with E-state index in [1.54, 1.807) is 11.0 Å². The van der Waals surface area contributed by atoms with Crippen molar-refractivity contribution in [1.29, 1.82) is 0 Å². The zero-order valence-corrected chi connectivity index (χ0v) is 15.9. The summed E-state index contributed by atoms with van der Waals surface area (Å²) in [5, 5.41) is 13.8. The van der Waals surface area contributed by atoms with E-state index in [1.165, 1.54) is 94.5 Å². The molecule has 0 fully saturated rings. The van der Waals surface area contributed by atoms with Crippen molar-refractivity contribution in [3.05, 3.63) is 22.8 Å². The van der Waals surface area contributed by atoms with Gasteiger partial charge in [-0.05, 0) is 23.1 Å². The van der Waals surface area contributed by atoms with E-state index in [-0.39, 0.29) is 0 Å². The van der Waals surface area contributed by atoms with Gasteiger partial charge < -0.3 is 10.1 Å². The third-order valence-corrected chi connectivity index (χ3v) is 4.52. The first-order valence-electron chi connectivity index (χ1n) is 10.1. The van der Waals surface area contributed by atoms with E-state index in [1.807, 2.05) is 5.53 Å². The lowest BCUT2D eigenvalue weighted by atomic mass is 10.0. The Hall–Kier alpha value is -1.66. The van der Waals surface area contributed by atoms with E-state index in [9.17, 15) is 10.1 Å². The van der Waals surface area contributed by atoms with E-state index in [4.69, 9.17) is 0 Å². The van der Waals surface area contributed by atoms with Crippen LogP contribution in [0.2, 0.25) is 0 Å². The Morgan fingerprint density at radius 2 is 1.40 bits per heavy atom. The van der Waals surface area contributed by atoms with E-state index >= 15 is 0 Å². The summed E-state index contributed by atoms with van der Waals surface area (Å²) in [6.45, 7) is 3.08. The molecule has 0 unspecified atom stereocenters. The van der Waals surface area contributed by atoms with Crippen LogP contribution in [-0.2, 0) is 6.54 Å². The van der Waals surface area contributed by atoms with E-state index in [0.29, 0.717) is 0 Å². The van der Waals surface area contributed by atoms with Crippen LogP contribution in [0.3, 0.4) is 0 Å². The Kier molecular flexibility index (Phi) is 12.5. The highest BCUT2D eigenvalue weighted by Crippen LogP contribution is 2.13. The number of unbranched alkanes of at least 4 members (excludes halogenated alkanes) is 13. The number of hydrogen-bond acceptors (Lipinski definition) is 3. The Bertz CT molecular complexity index is 450. The minimum Gasteiger partial charge on any atom is -0.339 e. The van der Waals surface area contributed by atoms with Crippen LogP contribution in [-0.4, -0.2) is 14.8 Å². The van der Waals surface area contributed by atoms with Gasteiger partial charge in [0.2, 0.25) is 0 Å². The lowest BCUT2D eigenvalue weighted by molar-refractivity contribution is -0.774. The minimum atomic E-state index is -0.599. The maximum absolute atomic E-state index is 10.3. The number of aromatic nitrogens is 3. The van der Waals surface area contributed by atoms with Crippen molar-refractivity contribution in [2.24, 2.45) is 0 Å². The van der Waals surface area contributed by atoms with Gasteiger partial charge in [-0.15, -0.1) is 0 Å². The molecule has 0 radical (unpaired) electrons. The summed E-state index contributed by atoms with van der Waals surface area (Å²) < 4.78 is 2.99. The van der Waals surface area contributed by atoms with Crippen molar-refractivity contribution >= 4 is 0 Å². The molecule has 0 atom stereocenters. The zero-order valence-electron chi connectivity index (χ0n) is 15.9. The average molecular weight is 355 g/mol. The Morgan fingerprint density at radius 1 is 0.920 bits per heavy atom. The Balaban J connectivity index is 1.83. The first kappa shape index (κ1) is 21.4. The average Bonchev–Trinajstić information content (AvgIpc) is 3.01. The van der Waals surface area contributed by atoms with E-state index in [0.717, 1.165) is 13.0 Å². The summed E-state index contributed by atoms with van der Waals surface area (Å²) in [4.78, 5) is 10.3. The predicted octanol–water partition coefficient (Wildman–Crippen LogP) is 4.39. The van der Waals surface area contributed by atoms with Crippen molar-refractivity contribution in [2.75, 3.05) is 5.53 Å². The number of rotatable bonds is 17. The Morgan fingerprint density at radius 3 is 1.88 bits per heavy atom. The van der Waals surface area contributed by atoms with Gasteiger partial charge in [-0.2, -0.15) is 0 Å². The molecule has 0 bridgehead atoms. The van der Waals surface area contributed by atoms with Crippen LogP contribution in [0.4, 0.5) is 0 Å². The highest BCUT2D eigenvalue weighted by atomic mass is 16.7. The molecule has 0 amide bonds. The first-order chi connectivity index (χ1) is 12.2. The highest BCUT2D eigenvalue weighted by molar-refractivity contribution is 4.51. The minimum absolute atomic E-state index is 0.599. The van der Waals surface area contributed by atoms with Gasteiger partial charge in [0.1, 0.15) is 11.6 Å². The van der Waals surface area contributed by atoms with Gasteiger partial charge in [-0.1, -0.05) is 88.6 Å². The lowest BCUT2D eigenvalue weighted by Gasteiger charge is -2.02. The first-order valence-corrected chi connectivity index (χ1v) is 10.1. The molecule has 0 aliphatic carbocycles. The predicted molar refractivity (Wildman–Crippen MR) is 99.1 cm³/mol. The third-order valence-electron chi connectivity index (χ3n) is 4.52. The van der Waals surface area contributed by atoms with Crippen LogP contribution < -0.4 is 10.2 Å². The van der Waals surface area contributed by atoms with Crippen molar-refractivity contribution in [3.8, 4) is 0 Å². The quantitative estimate of drug-likeness (QED) is 0.195. The van der Waals surface area contributed by atoms with Gasteiger partial charge in [-0.3, -0.25) is 0 Å². The topological polar surface area (TPSA) is 76.9 Å². The molecule has 0 saturated carbocycles. The molecule has 1 aromatic heterocycles. The van der Waals surface area contributed by atoms with Crippen molar-refractivity contribution in [2.45, 2.75) is 103 Å². The molecule has 144 valence electrons. The van der Waals surface area contributed by atoms with Crippen LogP contribution in [0.1, 0.15) is 96.8 Å². The summed E-state index contributed by atoms with van der Waals surface area (Å²) in [5.41, 5.74) is 2.03. The zero-order chi connectivity index (χ0) is 18.2. The SMILES string of the molecule is CCCCCCCCCCCCCCCCn1c[n+](N[N+](=O)[O-])cn1. The van der Waals surface area contributed by atoms with Crippen LogP contribution in [0, 0.1) is 10.1 Å². The largest absolute Gasteiger partial charge is 0.364 e. The van der Waals surface area contributed by atoms with Crippen LogP contribution in [0.15, 0.2) is 12.7 Å². The van der Waals surface area contributed by atoms with Crippen LogP contribution in [0.25, 0.3) is 0 Å². The van der Waals surface area contributed by atoms with Gasteiger partial charge >= 0.3 is 12.7 Å². The number of nitrogens with zero attached hydrogens (tertiary/aromatic N) is 4. The molecule has 7 nitrogen and oxygen atoms in total. The smallest absolute Gasteiger partial charge is 0.339 e. The molecule has 0 spiro atoms. The van der Waals surface area contributed by atoms with Gasteiger partial charge in [0.05, 0.1) is 0 Å². The van der Waals surface area contributed by atoms with Crippen molar-refractivity contribution in [3.63, 3.8) is 0 Å². The molecule has 1 N–H and O–H groups in total. The maximum Gasteiger partial charge on any atom is 0.364 e. The maximum atomic E-state index is 10.3. The summed E-state index contributed by atoms with van der Waals surface area (Å²) in [7, 11) is 0. The van der Waals surface area contributed by atoms with E-state index < -0.39 is 5.03 Å². The molecule has 0 aromatic carbocycles. The third kappa shape index (κ3) is 12.4. The summed E-state index contributed by atoms with van der Waals surface area (Å²) >= 11 is 0.